The van der Waals surface area contributed by atoms with Gasteiger partial charge in [-0.15, -0.1) is 0 Å². The lowest BCUT2D eigenvalue weighted by atomic mass is 9.93. The summed E-state index contributed by atoms with van der Waals surface area (Å²) in [6.45, 7) is 9.85. The summed E-state index contributed by atoms with van der Waals surface area (Å²) in [6.07, 6.45) is 3.47. The van der Waals surface area contributed by atoms with Crippen molar-refractivity contribution in [1.29, 1.82) is 0 Å². The molecule has 6 heteroatoms. The van der Waals surface area contributed by atoms with Crippen molar-refractivity contribution in [3.05, 3.63) is 35.9 Å². The number of ether oxygens (including phenoxy) is 4. The number of benzene rings is 1. The van der Waals surface area contributed by atoms with Gasteiger partial charge in [0.25, 0.3) is 0 Å². The van der Waals surface area contributed by atoms with Gasteiger partial charge in [0.05, 0.1) is 38.5 Å². The second kappa shape index (κ2) is 8.86. The Labute approximate surface area is 167 Å². The van der Waals surface area contributed by atoms with E-state index in [2.05, 4.69) is 6.08 Å². The minimum Gasteiger partial charge on any atom is -0.490 e. The molecule has 2 heterocycles. The zero-order valence-corrected chi connectivity index (χ0v) is 17.3. The number of para-hydroxylation sites is 2. The van der Waals surface area contributed by atoms with Crippen molar-refractivity contribution in [2.75, 3.05) is 26.4 Å². The summed E-state index contributed by atoms with van der Waals surface area (Å²) in [6, 6.07) is 7.66. The topological polar surface area (TPSA) is 57.2 Å². The second-order valence-electron chi connectivity index (χ2n) is 8.15. The van der Waals surface area contributed by atoms with Gasteiger partial charge in [-0.25, -0.2) is 4.79 Å². The summed E-state index contributed by atoms with van der Waals surface area (Å²) < 4.78 is 22.8. The largest absolute Gasteiger partial charge is 0.490 e. The van der Waals surface area contributed by atoms with Crippen LogP contribution in [0.4, 0.5) is 4.79 Å². The van der Waals surface area contributed by atoms with Crippen LogP contribution in [0.15, 0.2) is 35.9 Å². The molecule has 28 heavy (non-hydrogen) atoms. The predicted octanol–water partition coefficient (Wildman–Crippen LogP) is 4.19. The molecule has 1 aromatic carbocycles. The Balaban J connectivity index is 1.60. The fraction of sp³-hybridized carbons (Fsp3) is 0.591. The van der Waals surface area contributed by atoms with Crippen LogP contribution in [0.3, 0.4) is 0 Å². The first kappa shape index (κ1) is 20.5. The van der Waals surface area contributed by atoms with Crippen LogP contribution in [0, 0.1) is 0 Å². The Morgan fingerprint density at radius 3 is 2.54 bits per heavy atom. The molecule has 2 unspecified atom stereocenters. The monoisotopic (exact) mass is 389 g/mol. The van der Waals surface area contributed by atoms with E-state index in [1.54, 1.807) is 0 Å². The van der Waals surface area contributed by atoms with Crippen molar-refractivity contribution >= 4 is 6.09 Å². The lowest BCUT2D eigenvalue weighted by Crippen LogP contribution is -2.57. The molecule has 0 saturated carbocycles. The average molecular weight is 389 g/mol. The van der Waals surface area contributed by atoms with Gasteiger partial charge in [-0.1, -0.05) is 23.8 Å². The average Bonchev–Trinajstić information content (AvgIpc) is 2.61. The molecule has 0 aliphatic carbocycles. The van der Waals surface area contributed by atoms with Gasteiger partial charge < -0.3 is 18.9 Å². The molecule has 1 amide bonds. The van der Waals surface area contributed by atoms with E-state index in [9.17, 15) is 4.79 Å². The van der Waals surface area contributed by atoms with E-state index in [-0.39, 0.29) is 18.2 Å². The number of carbonyl (C=O) groups is 1. The van der Waals surface area contributed by atoms with E-state index >= 15 is 0 Å². The van der Waals surface area contributed by atoms with Crippen LogP contribution in [-0.4, -0.2) is 55.1 Å². The number of carbonyl (C=O) groups excluding carboxylic acids is 1. The van der Waals surface area contributed by atoms with Crippen molar-refractivity contribution in [3.63, 3.8) is 0 Å². The van der Waals surface area contributed by atoms with E-state index in [1.165, 1.54) is 5.57 Å². The molecular formula is C22H31NO5. The highest BCUT2D eigenvalue weighted by atomic mass is 16.6. The summed E-state index contributed by atoms with van der Waals surface area (Å²) in [5.41, 5.74) is 0.796. The quantitative estimate of drug-likeness (QED) is 0.683. The van der Waals surface area contributed by atoms with Gasteiger partial charge in [0, 0.05) is 6.42 Å². The van der Waals surface area contributed by atoms with Crippen LogP contribution in [-0.2, 0) is 9.47 Å². The van der Waals surface area contributed by atoms with Gasteiger partial charge in [0.1, 0.15) is 5.60 Å². The zero-order valence-electron chi connectivity index (χ0n) is 17.3. The van der Waals surface area contributed by atoms with E-state index in [0.29, 0.717) is 26.4 Å². The van der Waals surface area contributed by atoms with Crippen molar-refractivity contribution in [1.82, 2.24) is 4.90 Å². The van der Waals surface area contributed by atoms with Crippen LogP contribution in [0.1, 0.15) is 40.5 Å². The Morgan fingerprint density at radius 2 is 1.89 bits per heavy atom. The molecule has 0 N–H and O–H groups in total. The Bertz CT molecular complexity index is 709. The van der Waals surface area contributed by atoms with Gasteiger partial charge in [0.2, 0.25) is 0 Å². The molecule has 2 aliphatic rings. The highest BCUT2D eigenvalue weighted by Gasteiger charge is 2.39. The van der Waals surface area contributed by atoms with Crippen molar-refractivity contribution in [3.8, 4) is 11.5 Å². The van der Waals surface area contributed by atoms with Gasteiger partial charge >= 0.3 is 6.09 Å². The molecule has 0 spiro atoms. The molecule has 6 nitrogen and oxygen atoms in total. The highest BCUT2D eigenvalue weighted by Crippen LogP contribution is 2.31. The SMILES string of the molecule is CCOc1ccccc1OCCC1=CC2COCC(C1)N2C(=O)OC(C)(C)C. The third kappa shape index (κ3) is 5.19. The fourth-order valence-electron chi connectivity index (χ4n) is 3.61. The van der Waals surface area contributed by atoms with E-state index in [1.807, 2.05) is 56.9 Å². The predicted molar refractivity (Wildman–Crippen MR) is 107 cm³/mol. The van der Waals surface area contributed by atoms with Gasteiger partial charge in [-0.05, 0) is 46.2 Å². The van der Waals surface area contributed by atoms with E-state index in [4.69, 9.17) is 18.9 Å². The van der Waals surface area contributed by atoms with Crippen molar-refractivity contribution in [2.45, 2.75) is 58.2 Å². The molecule has 1 aromatic rings. The van der Waals surface area contributed by atoms with Gasteiger partial charge in [-0.2, -0.15) is 0 Å². The first-order chi connectivity index (χ1) is 13.4. The summed E-state index contributed by atoms with van der Waals surface area (Å²) in [4.78, 5) is 14.4. The third-order valence-corrected chi connectivity index (χ3v) is 4.71. The molecule has 3 rings (SSSR count). The number of morpholine rings is 1. The standard InChI is InChI=1S/C22H31NO5/c1-5-26-19-8-6-7-9-20(19)27-11-10-16-12-17-14-25-15-18(13-16)23(17)21(24)28-22(2,3)4/h6-9,12,17-18H,5,10-11,13-15H2,1-4H3. The molecule has 1 fully saturated rings. The Kier molecular flexibility index (Phi) is 6.50. The first-order valence-corrected chi connectivity index (χ1v) is 10.0. The van der Waals surface area contributed by atoms with Crippen LogP contribution in [0.25, 0.3) is 0 Å². The number of hydrogen-bond acceptors (Lipinski definition) is 5. The highest BCUT2D eigenvalue weighted by molar-refractivity contribution is 5.70. The van der Waals surface area contributed by atoms with Crippen LogP contribution in [0.5, 0.6) is 11.5 Å². The van der Waals surface area contributed by atoms with Crippen LogP contribution < -0.4 is 9.47 Å². The van der Waals surface area contributed by atoms with Gasteiger partial charge in [-0.3, -0.25) is 4.90 Å². The van der Waals surface area contributed by atoms with E-state index < -0.39 is 5.60 Å². The number of amides is 1. The van der Waals surface area contributed by atoms with Crippen molar-refractivity contribution < 1.29 is 23.7 Å². The normalized spacial score (nSPS) is 21.7. The molecule has 154 valence electrons. The summed E-state index contributed by atoms with van der Waals surface area (Å²) in [5, 5.41) is 0. The maximum atomic E-state index is 12.6. The minimum atomic E-state index is -0.502. The van der Waals surface area contributed by atoms with E-state index in [0.717, 1.165) is 24.3 Å². The Hall–Kier alpha value is -2.21. The first-order valence-electron chi connectivity index (χ1n) is 10.0. The lowest BCUT2D eigenvalue weighted by Gasteiger charge is -2.44. The number of rotatable bonds is 6. The van der Waals surface area contributed by atoms with Crippen molar-refractivity contribution in [2.24, 2.45) is 0 Å². The second-order valence-corrected chi connectivity index (χ2v) is 8.15. The number of nitrogens with zero attached hydrogens (tertiary/aromatic N) is 1. The number of hydrogen-bond donors (Lipinski definition) is 0. The lowest BCUT2D eigenvalue weighted by molar-refractivity contribution is -0.0538. The third-order valence-electron chi connectivity index (χ3n) is 4.71. The summed E-state index contributed by atoms with van der Waals surface area (Å²) >= 11 is 0. The number of fused-ring (bicyclic) bond motifs is 2. The zero-order chi connectivity index (χ0) is 20.1. The van der Waals surface area contributed by atoms with Crippen LogP contribution in [0.2, 0.25) is 0 Å². The maximum absolute atomic E-state index is 12.6. The van der Waals surface area contributed by atoms with Crippen LogP contribution >= 0.6 is 0 Å². The fourth-order valence-corrected chi connectivity index (χ4v) is 3.61. The minimum absolute atomic E-state index is 0.0179. The molecular weight excluding hydrogens is 358 g/mol. The molecule has 0 radical (unpaired) electrons. The molecule has 1 saturated heterocycles. The Morgan fingerprint density at radius 1 is 1.18 bits per heavy atom. The molecule has 2 atom stereocenters. The summed E-state index contributed by atoms with van der Waals surface area (Å²) in [7, 11) is 0. The molecule has 2 aliphatic heterocycles. The summed E-state index contributed by atoms with van der Waals surface area (Å²) in [5.74, 6) is 1.53. The van der Waals surface area contributed by atoms with Gasteiger partial charge in [0.15, 0.2) is 11.5 Å². The smallest absolute Gasteiger partial charge is 0.411 e. The molecule has 0 aromatic heterocycles. The maximum Gasteiger partial charge on any atom is 0.411 e. The molecule has 2 bridgehead atoms.